The highest BCUT2D eigenvalue weighted by atomic mass is 16.5. The molecule has 1 atom stereocenters. The first kappa shape index (κ1) is 17.1. The third-order valence-corrected chi connectivity index (χ3v) is 3.86. The minimum atomic E-state index is -0.420. The van der Waals surface area contributed by atoms with Gasteiger partial charge in [-0.1, -0.05) is 0 Å². The van der Waals surface area contributed by atoms with Crippen LogP contribution < -0.4 is 5.32 Å². The van der Waals surface area contributed by atoms with E-state index in [1.165, 1.54) is 6.33 Å². The third-order valence-electron chi connectivity index (χ3n) is 3.86. The van der Waals surface area contributed by atoms with Crippen LogP contribution in [0, 0.1) is 0 Å². The maximum atomic E-state index is 12.2. The largest absolute Gasteiger partial charge is 0.377 e. The maximum Gasteiger partial charge on any atom is 0.244 e. The lowest BCUT2D eigenvalue weighted by Crippen LogP contribution is -2.33. The predicted molar refractivity (Wildman–Crippen MR) is 98.1 cm³/mol. The predicted octanol–water partition coefficient (Wildman–Crippen LogP) is 2.42. The van der Waals surface area contributed by atoms with Crippen LogP contribution >= 0.6 is 0 Å². The molecule has 3 aromatic heterocycles. The molecule has 0 radical (unpaired) electrons. The Labute approximate surface area is 148 Å². The summed E-state index contributed by atoms with van der Waals surface area (Å²) in [5, 5.41) is 8.09. The van der Waals surface area contributed by atoms with Gasteiger partial charge >= 0.3 is 0 Å². The molecule has 1 unspecified atom stereocenters. The molecule has 0 saturated carbocycles. The summed E-state index contributed by atoms with van der Waals surface area (Å²) in [6.07, 6.45) is 7.02. The summed E-state index contributed by atoms with van der Waals surface area (Å²) in [4.78, 5) is 23.8. The molecule has 8 nitrogen and oxygen atoms in total. The number of aromatic nitrogens is 5. The number of carbonyl (C=O) groups is 1. The number of fused-ring (bicyclic) bond motifs is 1. The number of carbonyl (C=O) groups excluding carboxylic acids is 1. The number of hydrogen-bond acceptors (Lipinski definition) is 5. The quantitative estimate of drug-likeness (QED) is 0.640. The van der Waals surface area contributed by atoms with Gasteiger partial charge in [-0.25, -0.2) is 9.97 Å². The lowest BCUT2D eigenvalue weighted by molar-refractivity contribution is -0.124. The Morgan fingerprint density at radius 3 is 3.04 bits per heavy atom. The van der Waals surface area contributed by atoms with E-state index in [0.717, 1.165) is 22.3 Å². The van der Waals surface area contributed by atoms with E-state index in [4.69, 9.17) is 4.74 Å². The molecule has 0 fully saturated rings. The Bertz CT molecular complexity index is 864. The van der Waals surface area contributed by atoms with Gasteiger partial charge in [-0.15, -0.1) is 0 Å². The van der Waals surface area contributed by atoms with Crippen LogP contribution in [0.4, 0.5) is 0 Å². The molecule has 0 aliphatic rings. The molecule has 3 rings (SSSR count). The summed E-state index contributed by atoms with van der Waals surface area (Å²) in [5.74, 6) is -0.100. The number of nitrogens with one attached hydrogen (secondary N) is 2. The van der Waals surface area contributed by atoms with Gasteiger partial charge in [0.15, 0.2) is 0 Å². The molecule has 25 heavy (non-hydrogen) atoms. The van der Waals surface area contributed by atoms with E-state index in [2.05, 4.69) is 25.4 Å². The lowest BCUT2D eigenvalue weighted by atomic mass is 10.2. The number of hydrogen-bond donors (Lipinski definition) is 2. The molecule has 136 valence electrons. The van der Waals surface area contributed by atoms with Gasteiger partial charge in [0.05, 0.1) is 24.6 Å². The van der Waals surface area contributed by atoms with E-state index in [1.807, 2.05) is 32.3 Å². The Morgan fingerprint density at radius 1 is 1.40 bits per heavy atom. The SMILES string of the molecule is CC(C)OCCNC(=O)C(C)n1cc(-c2ncnc3[nH]ccc23)cn1.[HH].[HH]. The minimum Gasteiger partial charge on any atom is -0.377 e. The molecule has 0 aromatic carbocycles. The molecular weight excluding hydrogens is 320 g/mol. The zero-order chi connectivity index (χ0) is 17.8. The zero-order valence-corrected chi connectivity index (χ0v) is 14.6. The molecule has 3 aromatic rings. The Balaban J connectivity index is 0.00000182. The number of ether oxygens (including phenoxy) is 1. The van der Waals surface area contributed by atoms with Crippen LogP contribution in [-0.2, 0) is 9.53 Å². The number of amides is 1. The van der Waals surface area contributed by atoms with Crippen molar-refractivity contribution in [2.24, 2.45) is 0 Å². The first-order chi connectivity index (χ1) is 12.1. The van der Waals surface area contributed by atoms with Crippen molar-refractivity contribution < 1.29 is 12.4 Å². The van der Waals surface area contributed by atoms with E-state index in [1.54, 1.807) is 17.8 Å². The van der Waals surface area contributed by atoms with Gasteiger partial charge in [0.1, 0.15) is 18.0 Å². The van der Waals surface area contributed by atoms with Crippen LogP contribution in [0.1, 0.15) is 29.7 Å². The second-order valence-electron chi connectivity index (χ2n) is 6.06. The van der Waals surface area contributed by atoms with E-state index in [-0.39, 0.29) is 14.9 Å². The number of rotatable bonds is 7. The molecule has 0 aliphatic heterocycles. The fourth-order valence-electron chi connectivity index (χ4n) is 2.51. The minimum absolute atomic E-state index is 0. The first-order valence-corrected chi connectivity index (χ1v) is 8.28. The topological polar surface area (TPSA) is 97.7 Å². The highest BCUT2D eigenvalue weighted by Crippen LogP contribution is 2.24. The van der Waals surface area contributed by atoms with Gasteiger partial charge in [0, 0.05) is 32.7 Å². The summed E-state index contributed by atoms with van der Waals surface area (Å²) in [6.45, 7) is 6.70. The molecule has 0 bridgehead atoms. The molecule has 0 spiro atoms. The Hall–Kier alpha value is -2.74. The van der Waals surface area contributed by atoms with Crippen LogP contribution in [0.5, 0.6) is 0 Å². The average Bonchev–Trinajstić information content (AvgIpc) is 3.26. The summed E-state index contributed by atoms with van der Waals surface area (Å²) < 4.78 is 7.05. The standard InChI is InChI=1S/C17H22N6O2.2H2/c1-11(2)25-7-6-19-17(24)12(3)23-9-13(8-22-23)15-14-4-5-18-16(14)21-10-20-15;;/h4-5,8-12H,6-7H2,1-3H3,(H,19,24)(H,18,20,21);2*1H. The van der Waals surface area contributed by atoms with Crippen LogP contribution in [0.3, 0.4) is 0 Å². The van der Waals surface area contributed by atoms with E-state index >= 15 is 0 Å². The number of H-pyrrole nitrogens is 1. The van der Waals surface area contributed by atoms with Crippen molar-refractivity contribution in [3.05, 3.63) is 31.0 Å². The Kier molecular flexibility index (Phi) is 5.08. The maximum absolute atomic E-state index is 12.2. The highest BCUT2D eigenvalue weighted by Gasteiger charge is 2.17. The van der Waals surface area contributed by atoms with Crippen LogP contribution in [-0.4, -0.2) is 49.9 Å². The van der Waals surface area contributed by atoms with E-state index < -0.39 is 6.04 Å². The van der Waals surface area contributed by atoms with Crippen molar-refractivity contribution in [2.75, 3.05) is 13.2 Å². The molecule has 8 heteroatoms. The second kappa shape index (κ2) is 7.43. The van der Waals surface area contributed by atoms with Gasteiger partial charge in [-0.2, -0.15) is 5.10 Å². The fraction of sp³-hybridized carbons (Fsp3) is 0.412. The highest BCUT2D eigenvalue weighted by molar-refractivity contribution is 5.90. The van der Waals surface area contributed by atoms with Gasteiger partial charge in [0.25, 0.3) is 0 Å². The van der Waals surface area contributed by atoms with Crippen molar-refractivity contribution >= 4 is 16.9 Å². The van der Waals surface area contributed by atoms with Crippen molar-refractivity contribution in [1.29, 1.82) is 0 Å². The molecular formula is C17H26N6O2. The second-order valence-corrected chi connectivity index (χ2v) is 6.06. The molecule has 3 heterocycles. The van der Waals surface area contributed by atoms with Crippen LogP contribution in [0.15, 0.2) is 31.0 Å². The average molecular weight is 346 g/mol. The number of nitrogens with zero attached hydrogens (tertiary/aromatic N) is 4. The van der Waals surface area contributed by atoms with Gasteiger partial charge in [0.2, 0.25) is 5.91 Å². The smallest absolute Gasteiger partial charge is 0.244 e. The third kappa shape index (κ3) is 3.85. The zero-order valence-electron chi connectivity index (χ0n) is 14.6. The summed E-state index contributed by atoms with van der Waals surface area (Å²) in [7, 11) is 0. The Morgan fingerprint density at radius 2 is 2.24 bits per heavy atom. The lowest BCUT2D eigenvalue weighted by Gasteiger charge is -2.13. The van der Waals surface area contributed by atoms with Crippen molar-refractivity contribution in [1.82, 2.24) is 30.0 Å². The number of aromatic amines is 1. The van der Waals surface area contributed by atoms with Gasteiger partial charge in [-0.05, 0) is 26.8 Å². The summed E-state index contributed by atoms with van der Waals surface area (Å²) in [6, 6.07) is 1.50. The van der Waals surface area contributed by atoms with E-state index in [9.17, 15) is 4.79 Å². The normalized spacial score (nSPS) is 12.6. The molecule has 1 amide bonds. The monoisotopic (exact) mass is 346 g/mol. The van der Waals surface area contributed by atoms with E-state index in [0.29, 0.717) is 13.2 Å². The first-order valence-electron chi connectivity index (χ1n) is 8.28. The van der Waals surface area contributed by atoms with Gasteiger partial charge in [-0.3, -0.25) is 9.48 Å². The van der Waals surface area contributed by atoms with Crippen molar-refractivity contribution in [3.63, 3.8) is 0 Å². The van der Waals surface area contributed by atoms with Gasteiger partial charge < -0.3 is 15.0 Å². The van der Waals surface area contributed by atoms with Crippen molar-refractivity contribution in [3.8, 4) is 11.3 Å². The van der Waals surface area contributed by atoms with Crippen molar-refractivity contribution in [2.45, 2.75) is 32.9 Å². The fourth-order valence-corrected chi connectivity index (χ4v) is 2.51. The molecule has 2 N–H and O–H groups in total. The molecule has 0 saturated heterocycles. The van der Waals surface area contributed by atoms with Crippen LogP contribution in [0.25, 0.3) is 22.3 Å². The summed E-state index contributed by atoms with van der Waals surface area (Å²) >= 11 is 0. The molecule has 0 aliphatic carbocycles. The summed E-state index contributed by atoms with van der Waals surface area (Å²) in [5.41, 5.74) is 2.40. The van der Waals surface area contributed by atoms with Crippen LogP contribution in [0.2, 0.25) is 0 Å².